The minimum Gasteiger partial charge on any atom is -0.456 e. The quantitative estimate of drug-likeness (QED) is 0.142. The van der Waals surface area contributed by atoms with Crippen LogP contribution in [0.2, 0.25) is 0 Å². The molecule has 0 bridgehead atoms. The first-order valence-corrected chi connectivity index (χ1v) is 20.6. The molecule has 0 saturated carbocycles. The Hall–Kier alpha value is -6.44. The molecule has 8 aromatic carbocycles. The van der Waals surface area contributed by atoms with Gasteiger partial charge in [0.2, 0.25) is 0 Å². The van der Waals surface area contributed by atoms with Crippen molar-refractivity contribution in [3.63, 3.8) is 0 Å². The Morgan fingerprint density at radius 3 is 1.84 bits per heavy atom. The SMILES string of the molecule is CCCC(C)C1=C(c2cccc(-c3ccccc3-c3c4ccccc4c(-c4cccc(-c5ccc6oc7ccccc7c6c5)c4)c4ccccc34)c2C)C=CCC1. The molecule has 1 nitrogen and oxygen atoms in total. The summed E-state index contributed by atoms with van der Waals surface area (Å²) in [6.07, 6.45) is 9.49. The fourth-order valence-corrected chi connectivity index (χ4v) is 9.71. The lowest BCUT2D eigenvalue weighted by Crippen LogP contribution is -2.06. The molecule has 1 aliphatic carbocycles. The van der Waals surface area contributed by atoms with Crippen molar-refractivity contribution in [2.75, 3.05) is 0 Å². The second-order valence-corrected chi connectivity index (χ2v) is 15.8. The average Bonchev–Trinajstić information content (AvgIpc) is 3.64. The van der Waals surface area contributed by atoms with Crippen molar-refractivity contribution in [1.82, 2.24) is 0 Å². The molecule has 0 amide bonds. The summed E-state index contributed by atoms with van der Waals surface area (Å²) in [5.74, 6) is 0.586. The number of furan rings is 1. The summed E-state index contributed by atoms with van der Waals surface area (Å²) in [4.78, 5) is 0. The van der Waals surface area contributed by atoms with E-state index in [2.05, 4.69) is 179 Å². The third kappa shape index (κ3) is 6.01. The molecule has 10 rings (SSSR count). The largest absolute Gasteiger partial charge is 0.456 e. The first-order valence-electron chi connectivity index (χ1n) is 20.6. The van der Waals surface area contributed by atoms with Gasteiger partial charge in [0.05, 0.1) is 0 Å². The lowest BCUT2D eigenvalue weighted by molar-refractivity contribution is 0.580. The van der Waals surface area contributed by atoms with E-state index < -0.39 is 0 Å². The van der Waals surface area contributed by atoms with Gasteiger partial charge in [-0.25, -0.2) is 0 Å². The van der Waals surface area contributed by atoms with Gasteiger partial charge in [-0.15, -0.1) is 0 Å². The van der Waals surface area contributed by atoms with E-state index in [1.54, 1.807) is 5.57 Å². The number of fused-ring (bicyclic) bond motifs is 5. The van der Waals surface area contributed by atoms with Gasteiger partial charge in [-0.1, -0.05) is 171 Å². The Morgan fingerprint density at radius 1 is 0.509 bits per heavy atom. The monoisotopic (exact) mass is 734 g/mol. The van der Waals surface area contributed by atoms with Crippen LogP contribution in [0.1, 0.15) is 50.7 Å². The molecule has 0 spiro atoms. The Morgan fingerprint density at radius 2 is 1.09 bits per heavy atom. The van der Waals surface area contributed by atoms with E-state index in [0.717, 1.165) is 34.8 Å². The molecular formula is C56H46O. The summed E-state index contributed by atoms with van der Waals surface area (Å²) in [7, 11) is 0. The zero-order valence-corrected chi connectivity index (χ0v) is 33.0. The zero-order chi connectivity index (χ0) is 38.5. The molecule has 1 atom stereocenters. The normalized spacial score (nSPS) is 13.7. The molecule has 1 aliphatic rings. The molecule has 276 valence electrons. The van der Waals surface area contributed by atoms with Crippen molar-refractivity contribution in [3.8, 4) is 44.5 Å². The van der Waals surface area contributed by atoms with Crippen LogP contribution in [0, 0.1) is 12.8 Å². The van der Waals surface area contributed by atoms with Crippen LogP contribution in [0.3, 0.4) is 0 Å². The summed E-state index contributed by atoms with van der Waals surface area (Å²) in [5, 5.41) is 7.33. The average molecular weight is 735 g/mol. The van der Waals surface area contributed by atoms with E-state index in [0.29, 0.717) is 5.92 Å². The van der Waals surface area contributed by atoms with E-state index in [1.807, 2.05) is 12.1 Å². The number of hydrogen-bond acceptors (Lipinski definition) is 1. The highest BCUT2D eigenvalue weighted by Crippen LogP contribution is 2.48. The molecule has 0 saturated heterocycles. The van der Waals surface area contributed by atoms with Gasteiger partial charge in [-0.2, -0.15) is 0 Å². The Labute approximate surface area is 335 Å². The zero-order valence-electron chi connectivity index (χ0n) is 33.0. The summed E-state index contributed by atoms with van der Waals surface area (Å²) in [6, 6.07) is 58.0. The smallest absolute Gasteiger partial charge is 0.135 e. The summed E-state index contributed by atoms with van der Waals surface area (Å²) >= 11 is 0. The second kappa shape index (κ2) is 14.6. The molecule has 1 aromatic heterocycles. The fraction of sp³-hybridized carbons (Fsp3) is 0.143. The van der Waals surface area contributed by atoms with E-state index in [-0.39, 0.29) is 0 Å². The van der Waals surface area contributed by atoms with E-state index in [4.69, 9.17) is 4.42 Å². The van der Waals surface area contributed by atoms with Crippen molar-refractivity contribution in [2.24, 2.45) is 5.92 Å². The van der Waals surface area contributed by atoms with Gasteiger partial charge in [0.15, 0.2) is 0 Å². The van der Waals surface area contributed by atoms with Gasteiger partial charge in [0.1, 0.15) is 11.2 Å². The number of allylic oxidation sites excluding steroid dienone is 4. The van der Waals surface area contributed by atoms with Crippen molar-refractivity contribution < 1.29 is 4.42 Å². The third-order valence-electron chi connectivity index (χ3n) is 12.4. The maximum Gasteiger partial charge on any atom is 0.135 e. The highest BCUT2D eigenvalue weighted by Gasteiger charge is 2.22. The highest BCUT2D eigenvalue weighted by molar-refractivity contribution is 6.22. The first-order chi connectivity index (χ1) is 28.1. The molecule has 57 heavy (non-hydrogen) atoms. The van der Waals surface area contributed by atoms with Crippen LogP contribution in [0.15, 0.2) is 180 Å². The van der Waals surface area contributed by atoms with Gasteiger partial charge in [-0.05, 0) is 139 Å². The topological polar surface area (TPSA) is 13.1 Å². The van der Waals surface area contributed by atoms with Crippen LogP contribution in [-0.4, -0.2) is 0 Å². The predicted octanol–water partition coefficient (Wildman–Crippen LogP) is 16.4. The Balaban J connectivity index is 1.15. The van der Waals surface area contributed by atoms with Gasteiger partial charge < -0.3 is 4.42 Å². The van der Waals surface area contributed by atoms with Gasteiger partial charge in [0.25, 0.3) is 0 Å². The van der Waals surface area contributed by atoms with E-state index >= 15 is 0 Å². The Bertz CT molecular complexity index is 3000. The molecule has 9 aromatic rings. The molecule has 1 heteroatoms. The predicted molar refractivity (Wildman–Crippen MR) is 245 cm³/mol. The van der Waals surface area contributed by atoms with Gasteiger partial charge >= 0.3 is 0 Å². The lowest BCUT2D eigenvalue weighted by Gasteiger charge is -2.24. The van der Waals surface area contributed by atoms with Crippen LogP contribution >= 0.6 is 0 Å². The second-order valence-electron chi connectivity index (χ2n) is 15.8. The minimum absolute atomic E-state index is 0.586. The number of benzene rings is 8. The number of hydrogen-bond donors (Lipinski definition) is 0. The van der Waals surface area contributed by atoms with Crippen molar-refractivity contribution >= 4 is 49.1 Å². The molecule has 0 N–H and O–H groups in total. The molecule has 1 heterocycles. The van der Waals surface area contributed by atoms with Crippen LogP contribution < -0.4 is 0 Å². The maximum atomic E-state index is 6.17. The van der Waals surface area contributed by atoms with Crippen molar-refractivity contribution in [3.05, 3.63) is 187 Å². The van der Waals surface area contributed by atoms with Gasteiger partial charge in [-0.3, -0.25) is 0 Å². The third-order valence-corrected chi connectivity index (χ3v) is 12.4. The van der Waals surface area contributed by atoms with E-state index in [9.17, 15) is 0 Å². The van der Waals surface area contributed by atoms with E-state index in [1.165, 1.54) is 95.6 Å². The highest BCUT2D eigenvalue weighted by atomic mass is 16.3. The summed E-state index contributed by atoms with van der Waals surface area (Å²) in [5.41, 5.74) is 17.5. The van der Waals surface area contributed by atoms with Crippen molar-refractivity contribution in [1.29, 1.82) is 0 Å². The number of rotatable bonds is 8. The maximum absolute atomic E-state index is 6.17. The van der Waals surface area contributed by atoms with Crippen molar-refractivity contribution in [2.45, 2.75) is 46.5 Å². The van der Waals surface area contributed by atoms with Gasteiger partial charge in [0, 0.05) is 10.8 Å². The van der Waals surface area contributed by atoms with Crippen LogP contribution in [-0.2, 0) is 0 Å². The lowest BCUT2D eigenvalue weighted by atomic mass is 9.80. The molecule has 0 fully saturated rings. The molecule has 0 aliphatic heterocycles. The standard InChI is InChI=1S/C56H46O/c1-4-17-36(2)41-20-5-6-21-44(41)42-29-16-30-43(37(42)3)45-22-7-8-24-47(45)56-50-27-11-9-25-48(50)55(49-26-10-12-28-51(49)56)40-19-15-18-38(34-40)39-32-33-54-52(35-39)46-23-13-14-31-53(46)57-54/h6-16,18-19,21-36H,4-5,17,20H2,1-3H3. The van der Waals surface area contributed by atoms with Crippen LogP contribution in [0.4, 0.5) is 0 Å². The fourth-order valence-electron chi connectivity index (χ4n) is 9.71. The summed E-state index contributed by atoms with van der Waals surface area (Å²) in [6.45, 7) is 7.06. The molecular weight excluding hydrogens is 689 g/mol. The van der Waals surface area contributed by atoms with Crippen LogP contribution in [0.25, 0.3) is 93.6 Å². The summed E-state index contributed by atoms with van der Waals surface area (Å²) < 4.78 is 6.17. The number of para-hydroxylation sites is 1. The molecule has 0 radical (unpaired) electrons. The molecule has 1 unspecified atom stereocenters. The first kappa shape index (κ1) is 35.0. The Kier molecular flexibility index (Phi) is 8.95. The van der Waals surface area contributed by atoms with Crippen LogP contribution in [0.5, 0.6) is 0 Å². The minimum atomic E-state index is 0.586.